The van der Waals surface area contributed by atoms with E-state index in [2.05, 4.69) is 98.8 Å². The number of hydrogen-bond acceptors (Lipinski definition) is 2. The quantitative estimate of drug-likeness (QED) is 0.182. The molecule has 6 aromatic rings. The number of rotatable bonds is 5. The van der Waals surface area contributed by atoms with Crippen molar-refractivity contribution in [3.05, 3.63) is 179 Å². The van der Waals surface area contributed by atoms with Gasteiger partial charge in [-0.1, -0.05) is 111 Å². The molecule has 1 heterocycles. The molecule has 0 N–H and O–H groups in total. The summed E-state index contributed by atoms with van der Waals surface area (Å²) in [6.07, 6.45) is 10.3. The minimum atomic E-state index is -0.951. The highest BCUT2D eigenvalue weighted by molar-refractivity contribution is 6.08. The van der Waals surface area contributed by atoms with Gasteiger partial charge in [-0.3, -0.25) is 0 Å². The van der Waals surface area contributed by atoms with Crippen molar-refractivity contribution in [2.24, 2.45) is 0 Å². The van der Waals surface area contributed by atoms with Crippen LogP contribution in [0, 0.1) is 11.6 Å². The van der Waals surface area contributed by atoms with Gasteiger partial charge in [0, 0.05) is 21.9 Å². The average molecular weight is 671 g/mol. The van der Waals surface area contributed by atoms with Gasteiger partial charge in [0.15, 0.2) is 5.60 Å². The monoisotopic (exact) mass is 670 g/mol. The van der Waals surface area contributed by atoms with Crippen molar-refractivity contribution >= 4 is 22.4 Å². The predicted molar refractivity (Wildman–Crippen MR) is 203 cm³/mol. The minimum Gasteiger partial charge on any atom is -0.497 e. The molecule has 6 aromatic carbocycles. The lowest BCUT2D eigenvalue weighted by molar-refractivity contribution is 0.154. The number of allylic oxidation sites excluding steroid dienone is 3. The highest BCUT2D eigenvalue weighted by Crippen LogP contribution is 2.58. The van der Waals surface area contributed by atoms with Crippen molar-refractivity contribution in [1.82, 2.24) is 0 Å². The van der Waals surface area contributed by atoms with Crippen LogP contribution in [0.3, 0.4) is 0 Å². The molecule has 2 nitrogen and oxygen atoms in total. The van der Waals surface area contributed by atoms with Crippen molar-refractivity contribution in [2.45, 2.75) is 37.7 Å². The van der Waals surface area contributed by atoms with Crippen LogP contribution in [0.5, 0.6) is 11.5 Å². The van der Waals surface area contributed by atoms with E-state index in [0.29, 0.717) is 11.1 Å². The standard InChI is InChI=1S/C47H36F2O2/c1-46(2)42-28-36(49)20-24-39(42)43-38-23-19-35(48)27-41(38)45-40(44(43)46)25-26-47(51-45,34-17-21-37(50-3)22-18-34)33-15-13-32(14-16-33)31-11-9-30(10-12-31)29-7-5-4-6-8-29/h4-13,15,17-28H,14,16H2,1-3H3. The number of fused-ring (bicyclic) bond motifs is 8. The molecule has 0 saturated heterocycles. The van der Waals surface area contributed by atoms with Crippen LogP contribution in [0.2, 0.25) is 0 Å². The third-order valence-electron chi connectivity index (χ3n) is 11.1. The molecular weight excluding hydrogens is 635 g/mol. The molecule has 0 aromatic heterocycles. The average Bonchev–Trinajstić information content (AvgIpc) is 3.41. The van der Waals surface area contributed by atoms with Gasteiger partial charge in [-0.25, -0.2) is 8.78 Å². The summed E-state index contributed by atoms with van der Waals surface area (Å²) < 4.78 is 42.8. The summed E-state index contributed by atoms with van der Waals surface area (Å²) in [7, 11) is 1.66. The summed E-state index contributed by atoms with van der Waals surface area (Å²) >= 11 is 0. The predicted octanol–water partition coefficient (Wildman–Crippen LogP) is 12.2. The van der Waals surface area contributed by atoms with E-state index in [1.165, 1.54) is 34.4 Å². The van der Waals surface area contributed by atoms with E-state index in [0.717, 1.165) is 62.9 Å². The summed E-state index contributed by atoms with van der Waals surface area (Å²) in [5.74, 6) is 0.783. The molecule has 3 aliphatic rings. The Bertz CT molecular complexity index is 2450. The van der Waals surface area contributed by atoms with Crippen LogP contribution in [-0.2, 0) is 11.0 Å². The van der Waals surface area contributed by atoms with Crippen LogP contribution in [0.15, 0.2) is 139 Å². The van der Waals surface area contributed by atoms with Gasteiger partial charge in [0.2, 0.25) is 0 Å². The van der Waals surface area contributed by atoms with Crippen LogP contribution in [0.1, 0.15) is 54.5 Å². The molecule has 0 saturated carbocycles. The maximum atomic E-state index is 15.2. The first kappa shape index (κ1) is 31.3. The van der Waals surface area contributed by atoms with E-state index in [4.69, 9.17) is 9.47 Å². The van der Waals surface area contributed by atoms with E-state index < -0.39 is 11.0 Å². The summed E-state index contributed by atoms with van der Waals surface area (Å²) in [5.41, 5.74) is 10.3. The Hall–Kier alpha value is -5.74. The normalized spacial score (nSPS) is 18.3. The number of hydrogen-bond donors (Lipinski definition) is 0. The molecule has 1 aliphatic heterocycles. The van der Waals surface area contributed by atoms with Crippen molar-refractivity contribution < 1.29 is 18.3 Å². The summed E-state index contributed by atoms with van der Waals surface area (Å²) in [6, 6.07) is 37.1. The van der Waals surface area contributed by atoms with E-state index in [-0.39, 0.29) is 11.6 Å². The van der Waals surface area contributed by atoms with Gasteiger partial charge in [0.1, 0.15) is 23.1 Å². The highest BCUT2D eigenvalue weighted by Gasteiger charge is 2.45. The lowest BCUT2D eigenvalue weighted by Crippen LogP contribution is -2.36. The molecule has 0 fully saturated rings. The van der Waals surface area contributed by atoms with Gasteiger partial charge in [0.25, 0.3) is 0 Å². The fourth-order valence-corrected chi connectivity index (χ4v) is 8.48. The summed E-state index contributed by atoms with van der Waals surface area (Å²) in [6.45, 7) is 4.27. The molecule has 4 heteroatoms. The Labute approximate surface area is 297 Å². The van der Waals surface area contributed by atoms with Crippen LogP contribution in [0.4, 0.5) is 8.78 Å². The zero-order chi connectivity index (χ0) is 34.9. The van der Waals surface area contributed by atoms with Crippen molar-refractivity contribution in [1.29, 1.82) is 0 Å². The van der Waals surface area contributed by atoms with Gasteiger partial charge in [-0.15, -0.1) is 0 Å². The Morgan fingerprint density at radius 2 is 1.39 bits per heavy atom. The van der Waals surface area contributed by atoms with Crippen molar-refractivity contribution in [3.8, 4) is 33.8 Å². The van der Waals surface area contributed by atoms with Gasteiger partial charge < -0.3 is 9.47 Å². The summed E-state index contributed by atoms with van der Waals surface area (Å²) in [5, 5.41) is 1.59. The number of methoxy groups -OCH3 is 1. The van der Waals surface area contributed by atoms with Crippen LogP contribution >= 0.6 is 0 Å². The fourth-order valence-electron chi connectivity index (χ4n) is 8.48. The van der Waals surface area contributed by atoms with E-state index in [9.17, 15) is 4.39 Å². The van der Waals surface area contributed by atoms with Gasteiger partial charge >= 0.3 is 0 Å². The van der Waals surface area contributed by atoms with Gasteiger partial charge in [0.05, 0.1) is 7.11 Å². The number of halogens is 2. The second-order valence-corrected chi connectivity index (χ2v) is 14.2. The minimum absolute atomic E-state index is 0.270. The van der Waals surface area contributed by atoms with Gasteiger partial charge in [-0.2, -0.15) is 0 Å². The Morgan fingerprint density at radius 1 is 0.686 bits per heavy atom. The highest BCUT2D eigenvalue weighted by atomic mass is 19.1. The third-order valence-corrected chi connectivity index (χ3v) is 11.1. The fraction of sp³-hybridized carbons (Fsp3) is 0.149. The molecule has 2 aliphatic carbocycles. The molecule has 250 valence electrons. The first-order valence-corrected chi connectivity index (χ1v) is 17.5. The van der Waals surface area contributed by atoms with Crippen LogP contribution in [-0.4, -0.2) is 7.11 Å². The topological polar surface area (TPSA) is 18.5 Å². The van der Waals surface area contributed by atoms with E-state index >= 15 is 4.39 Å². The Morgan fingerprint density at radius 3 is 2.12 bits per heavy atom. The van der Waals surface area contributed by atoms with Crippen LogP contribution < -0.4 is 9.47 Å². The molecule has 0 bridgehead atoms. The molecule has 9 rings (SSSR count). The summed E-state index contributed by atoms with van der Waals surface area (Å²) in [4.78, 5) is 0. The first-order valence-electron chi connectivity index (χ1n) is 17.5. The zero-order valence-corrected chi connectivity index (χ0v) is 28.8. The molecule has 1 atom stereocenters. The molecule has 0 spiro atoms. The van der Waals surface area contributed by atoms with E-state index in [1.54, 1.807) is 19.2 Å². The van der Waals surface area contributed by atoms with Crippen molar-refractivity contribution in [2.75, 3.05) is 7.11 Å². The molecule has 0 radical (unpaired) electrons. The molecule has 1 unspecified atom stereocenters. The van der Waals surface area contributed by atoms with Crippen molar-refractivity contribution in [3.63, 3.8) is 0 Å². The smallest absolute Gasteiger partial charge is 0.174 e. The Kier molecular flexibility index (Phi) is 7.15. The molecule has 0 amide bonds. The maximum Gasteiger partial charge on any atom is 0.174 e. The van der Waals surface area contributed by atoms with Crippen LogP contribution in [0.25, 0.3) is 44.7 Å². The second kappa shape index (κ2) is 11.7. The SMILES string of the molecule is COc1ccc(C2(C3=CC=C(c4ccc(-c5ccccc5)cc4)CC3)C=Cc3c4c(c5ccc(F)cc5c3O2)-c2ccc(F)cc2C4(C)C)cc1. The lowest BCUT2D eigenvalue weighted by atomic mass is 9.75. The lowest BCUT2D eigenvalue weighted by Gasteiger charge is -2.40. The third kappa shape index (κ3) is 4.88. The molecule has 51 heavy (non-hydrogen) atoms. The number of benzene rings is 6. The Balaban J connectivity index is 1.20. The maximum absolute atomic E-state index is 15.2. The second-order valence-electron chi connectivity index (χ2n) is 14.2. The largest absolute Gasteiger partial charge is 0.497 e. The molecular formula is C47H36F2O2. The van der Waals surface area contributed by atoms with E-state index in [1.807, 2.05) is 30.3 Å². The number of ether oxygens (including phenoxy) is 2. The van der Waals surface area contributed by atoms with Gasteiger partial charge in [-0.05, 0) is 111 Å². The first-order chi connectivity index (χ1) is 24.8. The zero-order valence-electron chi connectivity index (χ0n) is 28.8.